The summed E-state index contributed by atoms with van der Waals surface area (Å²) in [5.41, 5.74) is 1.98. The number of furan rings is 1. The van der Waals surface area contributed by atoms with Crippen LogP contribution in [0.25, 0.3) is 11.3 Å². The van der Waals surface area contributed by atoms with Crippen molar-refractivity contribution in [1.29, 1.82) is 0 Å². The van der Waals surface area contributed by atoms with E-state index in [1.807, 2.05) is 0 Å². The van der Waals surface area contributed by atoms with Crippen LogP contribution in [-0.2, 0) is 21.2 Å². The molecule has 2 aromatic carbocycles. The molecular weight excluding hydrogens is 419 g/mol. The van der Waals surface area contributed by atoms with Gasteiger partial charge in [-0.15, -0.1) is 0 Å². The van der Waals surface area contributed by atoms with E-state index in [4.69, 9.17) is 4.42 Å². The van der Waals surface area contributed by atoms with E-state index >= 15 is 0 Å². The highest BCUT2D eigenvalue weighted by Gasteiger charge is 2.14. The summed E-state index contributed by atoms with van der Waals surface area (Å²) >= 11 is 0. The molecule has 0 atom stereocenters. The third kappa shape index (κ3) is 5.95. The van der Waals surface area contributed by atoms with Gasteiger partial charge >= 0.3 is 0 Å². The first-order valence-electron chi connectivity index (χ1n) is 10.0. The van der Waals surface area contributed by atoms with Crippen molar-refractivity contribution in [2.45, 2.75) is 33.1 Å². The van der Waals surface area contributed by atoms with Crippen molar-refractivity contribution >= 4 is 27.3 Å². The highest BCUT2D eigenvalue weighted by atomic mass is 32.2. The number of hydrogen-bond acceptors (Lipinski definition) is 4. The van der Waals surface area contributed by atoms with Crippen LogP contribution in [0.3, 0.4) is 0 Å². The number of nitrogens with one attached hydrogen (secondary N) is 2. The zero-order valence-corrected chi connectivity index (χ0v) is 18.3. The second-order valence-corrected chi connectivity index (χ2v) is 9.03. The summed E-state index contributed by atoms with van der Waals surface area (Å²) in [6.07, 6.45) is 1.02. The Bertz CT molecular complexity index is 1170. The molecule has 164 valence electrons. The summed E-state index contributed by atoms with van der Waals surface area (Å²) in [4.78, 5) is 12.4. The van der Waals surface area contributed by atoms with Gasteiger partial charge < -0.3 is 9.73 Å². The van der Waals surface area contributed by atoms with Gasteiger partial charge in [-0.05, 0) is 55.3 Å². The molecule has 1 heterocycles. The molecule has 0 unspecified atom stereocenters. The SMILES string of the molecule is CCCS(=O)(=O)Nc1cccc(NC(=O)CCc2ccc(-c3ccccc3F)o2)c1C. The Morgan fingerprint density at radius 1 is 1.03 bits per heavy atom. The van der Waals surface area contributed by atoms with E-state index in [1.165, 1.54) is 6.07 Å². The zero-order valence-electron chi connectivity index (χ0n) is 17.4. The predicted molar refractivity (Wildman–Crippen MR) is 120 cm³/mol. The average molecular weight is 445 g/mol. The van der Waals surface area contributed by atoms with Gasteiger partial charge in [-0.25, -0.2) is 12.8 Å². The molecule has 31 heavy (non-hydrogen) atoms. The molecule has 0 saturated heterocycles. The molecule has 0 bridgehead atoms. The lowest BCUT2D eigenvalue weighted by Gasteiger charge is -2.14. The third-order valence-corrected chi connectivity index (χ3v) is 6.22. The first-order valence-corrected chi connectivity index (χ1v) is 11.7. The maximum absolute atomic E-state index is 13.9. The van der Waals surface area contributed by atoms with Gasteiger partial charge in [0.15, 0.2) is 0 Å². The maximum atomic E-state index is 13.9. The molecule has 0 aliphatic carbocycles. The third-order valence-electron chi connectivity index (χ3n) is 4.75. The van der Waals surface area contributed by atoms with E-state index in [0.29, 0.717) is 46.9 Å². The molecule has 6 nitrogen and oxygen atoms in total. The number of benzene rings is 2. The van der Waals surface area contributed by atoms with E-state index in [9.17, 15) is 17.6 Å². The topological polar surface area (TPSA) is 88.4 Å². The van der Waals surface area contributed by atoms with E-state index in [-0.39, 0.29) is 23.9 Å². The quantitative estimate of drug-likeness (QED) is 0.480. The summed E-state index contributed by atoms with van der Waals surface area (Å²) in [6, 6.07) is 14.8. The van der Waals surface area contributed by atoms with Crippen LogP contribution in [-0.4, -0.2) is 20.1 Å². The van der Waals surface area contributed by atoms with Crippen molar-refractivity contribution in [2.24, 2.45) is 0 Å². The molecule has 8 heteroatoms. The van der Waals surface area contributed by atoms with Gasteiger partial charge in [-0.1, -0.05) is 25.1 Å². The van der Waals surface area contributed by atoms with Crippen LogP contribution >= 0.6 is 0 Å². The van der Waals surface area contributed by atoms with Crippen LogP contribution in [0.2, 0.25) is 0 Å². The second kappa shape index (κ2) is 9.78. The van der Waals surface area contributed by atoms with Crippen LogP contribution in [0.1, 0.15) is 31.1 Å². The highest BCUT2D eigenvalue weighted by Crippen LogP contribution is 2.26. The lowest BCUT2D eigenvalue weighted by molar-refractivity contribution is -0.116. The fourth-order valence-corrected chi connectivity index (χ4v) is 4.33. The maximum Gasteiger partial charge on any atom is 0.232 e. The van der Waals surface area contributed by atoms with Crippen molar-refractivity contribution in [3.8, 4) is 11.3 Å². The standard InChI is InChI=1S/C23H25FN2O4S/c1-3-15-31(28,29)26-21-10-6-9-20(16(21)2)25-23(27)14-12-17-11-13-22(30-17)18-7-4-5-8-19(18)24/h4-11,13,26H,3,12,14-15H2,1-2H3,(H,25,27). The Morgan fingerprint density at radius 2 is 1.77 bits per heavy atom. The minimum Gasteiger partial charge on any atom is -0.461 e. The largest absolute Gasteiger partial charge is 0.461 e. The van der Waals surface area contributed by atoms with E-state index < -0.39 is 10.0 Å². The minimum absolute atomic E-state index is 0.0288. The number of carbonyl (C=O) groups excluding carboxylic acids is 1. The van der Waals surface area contributed by atoms with Gasteiger partial charge in [0.2, 0.25) is 15.9 Å². The van der Waals surface area contributed by atoms with E-state index in [2.05, 4.69) is 10.0 Å². The molecule has 3 aromatic rings. The summed E-state index contributed by atoms with van der Waals surface area (Å²) in [6.45, 7) is 3.54. The van der Waals surface area contributed by atoms with E-state index in [0.717, 1.165) is 0 Å². The zero-order chi connectivity index (χ0) is 22.4. The van der Waals surface area contributed by atoms with Crippen LogP contribution in [0.5, 0.6) is 0 Å². The lowest BCUT2D eigenvalue weighted by atomic mass is 10.1. The average Bonchev–Trinajstić information content (AvgIpc) is 3.18. The summed E-state index contributed by atoms with van der Waals surface area (Å²) in [7, 11) is -3.42. The van der Waals surface area contributed by atoms with Gasteiger partial charge in [-0.2, -0.15) is 0 Å². The van der Waals surface area contributed by atoms with Gasteiger partial charge in [0, 0.05) is 18.5 Å². The molecule has 0 radical (unpaired) electrons. The summed E-state index contributed by atoms with van der Waals surface area (Å²) in [5, 5.41) is 2.81. The number of aryl methyl sites for hydroxylation is 1. The number of sulfonamides is 1. The minimum atomic E-state index is -3.42. The molecule has 0 aliphatic heterocycles. The molecule has 0 saturated carbocycles. The number of anilines is 2. The fourth-order valence-electron chi connectivity index (χ4n) is 3.14. The lowest BCUT2D eigenvalue weighted by Crippen LogP contribution is -2.18. The molecule has 1 aromatic heterocycles. The fraction of sp³-hybridized carbons (Fsp3) is 0.261. The first kappa shape index (κ1) is 22.6. The molecule has 3 rings (SSSR count). The Hall–Kier alpha value is -3.13. The normalized spacial score (nSPS) is 11.3. The number of carbonyl (C=O) groups is 1. The molecule has 2 N–H and O–H groups in total. The van der Waals surface area contributed by atoms with Crippen molar-refractivity contribution in [2.75, 3.05) is 15.8 Å². The molecule has 1 amide bonds. The summed E-state index contributed by atoms with van der Waals surface area (Å²) in [5.74, 6) is 0.412. The van der Waals surface area contributed by atoms with Crippen LogP contribution in [0, 0.1) is 12.7 Å². The Kier molecular flexibility index (Phi) is 7.12. The molecule has 0 spiro atoms. The Balaban J connectivity index is 1.62. The number of hydrogen-bond donors (Lipinski definition) is 2. The van der Waals surface area contributed by atoms with Crippen LogP contribution < -0.4 is 10.0 Å². The molecule has 0 fully saturated rings. The number of halogens is 1. The van der Waals surface area contributed by atoms with Crippen LogP contribution in [0.4, 0.5) is 15.8 Å². The smallest absolute Gasteiger partial charge is 0.232 e. The molecule has 0 aliphatic rings. The number of rotatable bonds is 9. The number of amides is 1. The van der Waals surface area contributed by atoms with Gasteiger partial charge in [-0.3, -0.25) is 9.52 Å². The monoisotopic (exact) mass is 444 g/mol. The van der Waals surface area contributed by atoms with Gasteiger partial charge in [0.05, 0.1) is 17.0 Å². The second-order valence-electron chi connectivity index (χ2n) is 7.19. The Morgan fingerprint density at radius 3 is 2.52 bits per heavy atom. The predicted octanol–water partition coefficient (Wildman–Crippen LogP) is 5.12. The Labute approximate surface area is 181 Å². The van der Waals surface area contributed by atoms with Gasteiger partial charge in [0.25, 0.3) is 0 Å². The van der Waals surface area contributed by atoms with Crippen LogP contribution in [0.15, 0.2) is 59.0 Å². The van der Waals surface area contributed by atoms with Crippen molar-refractivity contribution in [3.63, 3.8) is 0 Å². The van der Waals surface area contributed by atoms with Gasteiger partial charge in [0.1, 0.15) is 17.3 Å². The molecular formula is C23H25FN2O4S. The van der Waals surface area contributed by atoms with Crippen molar-refractivity contribution in [1.82, 2.24) is 0 Å². The summed E-state index contributed by atoms with van der Waals surface area (Å²) < 4.78 is 46.2. The first-order chi connectivity index (χ1) is 14.8. The van der Waals surface area contributed by atoms with Crippen molar-refractivity contribution in [3.05, 3.63) is 71.7 Å². The van der Waals surface area contributed by atoms with Crippen molar-refractivity contribution < 1.29 is 22.0 Å². The van der Waals surface area contributed by atoms with E-state index in [1.54, 1.807) is 62.4 Å². The highest BCUT2D eigenvalue weighted by molar-refractivity contribution is 7.92.